The van der Waals surface area contributed by atoms with Crippen molar-refractivity contribution in [2.45, 2.75) is 62.6 Å². The van der Waals surface area contributed by atoms with Gasteiger partial charge in [0.2, 0.25) is 5.16 Å². The molecular weight excluding hydrogens is 262 g/mol. The average Bonchev–Trinajstić information content (AvgIpc) is 2.95. The van der Waals surface area contributed by atoms with Crippen LogP contribution in [0.4, 0.5) is 0 Å². The summed E-state index contributed by atoms with van der Waals surface area (Å²) < 4.78 is 7.70. The molecule has 0 bridgehead atoms. The first-order valence-electron chi connectivity index (χ1n) is 7.09. The lowest BCUT2D eigenvalue weighted by Gasteiger charge is -2.10. The fraction of sp³-hybridized carbons (Fsp3) is 0.917. The van der Waals surface area contributed by atoms with Crippen molar-refractivity contribution in [3.8, 4) is 0 Å². The van der Waals surface area contributed by atoms with Crippen molar-refractivity contribution in [3.05, 3.63) is 0 Å². The normalized spacial score (nSPS) is 27.0. The second-order valence-corrected chi connectivity index (χ2v) is 6.36. The zero-order valence-corrected chi connectivity index (χ0v) is 12.1. The van der Waals surface area contributed by atoms with Gasteiger partial charge in [-0.05, 0) is 43.0 Å². The van der Waals surface area contributed by atoms with Crippen LogP contribution in [0.3, 0.4) is 0 Å². The van der Waals surface area contributed by atoms with E-state index in [9.17, 15) is 0 Å². The van der Waals surface area contributed by atoms with Crippen molar-refractivity contribution >= 4 is 11.8 Å². The van der Waals surface area contributed by atoms with Crippen molar-refractivity contribution in [1.29, 1.82) is 0 Å². The molecule has 7 heteroatoms. The van der Waals surface area contributed by atoms with Crippen molar-refractivity contribution in [3.63, 3.8) is 0 Å². The molecule has 2 heterocycles. The number of nitrogens with zero attached hydrogens (tertiary/aromatic N) is 4. The highest BCUT2D eigenvalue weighted by Gasteiger charge is 2.23. The third-order valence-corrected chi connectivity index (χ3v) is 4.64. The molecule has 1 aromatic rings. The molecule has 1 saturated heterocycles. The van der Waals surface area contributed by atoms with Gasteiger partial charge in [-0.3, -0.25) is 0 Å². The largest absolute Gasteiger partial charge is 0.374 e. The van der Waals surface area contributed by atoms with Crippen molar-refractivity contribution in [2.24, 2.45) is 0 Å². The highest BCUT2D eigenvalue weighted by atomic mass is 32.2. The minimum Gasteiger partial charge on any atom is -0.374 e. The number of thioether (sulfide) groups is 1. The van der Waals surface area contributed by atoms with Crippen LogP contribution in [0.1, 0.15) is 32.6 Å². The standard InChI is InChI=1S/C12H21N5OS/c1-9-2-5-11(18-9)8-19-12-14-15-16-17(12)7-6-13-10-3-4-10/h9-11,13H,2-8H2,1H3. The van der Waals surface area contributed by atoms with Gasteiger partial charge in [0.1, 0.15) is 0 Å². The van der Waals surface area contributed by atoms with Gasteiger partial charge in [0.05, 0.1) is 18.8 Å². The molecule has 106 valence electrons. The summed E-state index contributed by atoms with van der Waals surface area (Å²) in [5.41, 5.74) is 0. The van der Waals surface area contributed by atoms with Gasteiger partial charge in [0.25, 0.3) is 0 Å². The van der Waals surface area contributed by atoms with Crippen molar-refractivity contribution in [2.75, 3.05) is 12.3 Å². The number of rotatable bonds is 7. The third kappa shape index (κ3) is 3.90. The summed E-state index contributed by atoms with van der Waals surface area (Å²) in [4.78, 5) is 0. The maximum Gasteiger partial charge on any atom is 0.209 e. The second kappa shape index (κ2) is 6.19. The van der Waals surface area contributed by atoms with E-state index in [0.717, 1.165) is 36.5 Å². The molecule has 0 aromatic carbocycles. The van der Waals surface area contributed by atoms with Crippen LogP contribution in [-0.2, 0) is 11.3 Å². The maximum atomic E-state index is 5.81. The lowest BCUT2D eigenvalue weighted by molar-refractivity contribution is 0.0699. The summed E-state index contributed by atoms with van der Waals surface area (Å²) in [5, 5.41) is 16.3. The van der Waals surface area contributed by atoms with Gasteiger partial charge < -0.3 is 10.1 Å². The predicted molar refractivity (Wildman–Crippen MR) is 73.1 cm³/mol. The van der Waals surface area contributed by atoms with E-state index in [-0.39, 0.29) is 0 Å². The highest BCUT2D eigenvalue weighted by molar-refractivity contribution is 7.99. The molecule has 0 spiro atoms. The van der Waals surface area contributed by atoms with E-state index in [2.05, 4.69) is 27.8 Å². The Morgan fingerprint density at radius 3 is 3.00 bits per heavy atom. The first-order chi connectivity index (χ1) is 9.31. The lowest BCUT2D eigenvalue weighted by atomic mass is 10.2. The molecule has 1 aliphatic carbocycles. The number of hydrogen-bond acceptors (Lipinski definition) is 6. The molecule has 1 N–H and O–H groups in total. The molecule has 6 nitrogen and oxygen atoms in total. The Bertz CT molecular complexity index is 409. The van der Waals surface area contributed by atoms with E-state index in [1.54, 1.807) is 11.8 Å². The molecule has 19 heavy (non-hydrogen) atoms. The Kier molecular flexibility index (Phi) is 4.35. The Hall–Kier alpha value is -0.660. The van der Waals surface area contributed by atoms with Gasteiger partial charge in [-0.15, -0.1) is 5.10 Å². The number of aromatic nitrogens is 4. The van der Waals surface area contributed by atoms with Crippen molar-refractivity contribution < 1.29 is 4.74 Å². The molecule has 0 radical (unpaired) electrons. The predicted octanol–water partition coefficient (Wildman–Crippen LogP) is 1.08. The van der Waals surface area contributed by atoms with E-state index in [1.807, 2.05) is 4.68 Å². The molecule has 2 fully saturated rings. The SMILES string of the molecule is CC1CCC(CSc2nnnn2CCNC2CC2)O1. The Labute approximate surface area is 117 Å². The summed E-state index contributed by atoms with van der Waals surface area (Å²) in [6.07, 6.45) is 5.71. The van der Waals surface area contributed by atoms with E-state index in [1.165, 1.54) is 19.3 Å². The maximum absolute atomic E-state index is 5.81. The minimum absolute atomic E-state index is 0.356. The van der Waals surface area contributed by atoms with Crippen molar-refractivity contribution in [1.82, 2.24) is 25.5 Å². The second-order valence-electron chi connectivity index (χ2n) is 5.37. The monoisotopic (exact) mass is 283 g/mol. The first-order valence-corrected chi connectivity index (χ1v) is 8.07. The van der Waals surface area contributed by atoms with Gasteiger partial charge in [-0.2, -0.15) is 0 Å². The van der Waals surface area contributed by atoms with E-state index >= 15 is 0 Å². The Morgan fingerprint density at radius 1 is 1.37 bits per heavy atom. The molecule has 1 aliphatic heterocycles. The molecule has 3 rings (SSSR count). The molecule has 2 unspecified atom stereocenters. The van der Waals surface area contributed by atoms with Crippen LogP contribution in [-0.4, -0.2) is 50.8 Å². The quantitative estimate of drug-likeness (QED) is 0.756. The van der Waals surface area contributed by atoms with Gasteiger partial charge in [0, 0.05) is 18.3 Å². The van der Waals surface area contributed by atoms with E-state index < -0.39 is 0 Å². The number of ether oxygens (including phenoxy) is 1. The fourth-order valence-corrected chi connectivity index (χ4v) is 3.23. The van der Waals surface area contributed by atoms with E-state index in [4.69, 9.17) is 4.74 Å². The minimum atomic E-state index is 0.356. The first kappa shape index (κ1) is 13.3. The zero-order valence-electron chi connectivity index (χ0n) is 11.3. The van der Waals surface area contributed by atoms with Crippen LogP contribution in [0.15, 0.2) is 5.16 Å². The highest BCUT2D eigenvalue weighted by Crippen LogP contribution is 2.25. The van der Waals surface area contributed by atoms with Gasteiger partial charge in [0.15, 0.2) is 0 Å². The van der Waals surface area contributed by atoms with Gasteiger partial charge >= 0.3 is 0 Å². The molecule has 1 saturated carbocycles. The summed E-state index contributed by atoms with van der Waals surface area (Å²) in [7, 11) is 0. The molecule has 0 amide bonds. The molecule has 2 aliphatic rings. The third-order valence-electron chi connectivity index (χ3n) is 3.55. The van der Waals surface area contributed by atoms with Crippen LogP contribution in [0.5, 0.6) is 0 Å². The Morgan fingerprint density at radius 2 is 2.26 bits per heavy atom. The topological polar surface area (TPSA) is 64.9 Å². The van der Waals surface area contributed by atoms with E-state index in [0.29, 0.717) is 12.2 Å². The van der Waals surface area contributed by atoms with Crippen LogP contribution >= 0.6 is 11.8 Å². The summed E-state index contributed by atoms with van der Waals surface area (Å²) in [5.74, 6) is 0.945. The van der Waals surface area contributed by atoms with Gasteiger partial charge in [-0.1, -0.05) is 11.8 Å². The smallest absolute Gasteiger partial charge is 0.209 e. The fourth-order valence-electron chi connectivity index (χ4n) is 2.28. The molecule has 1 aromatic heterocycles. The Balaban J connectivity index is 1.43. The van der Waals surface area contributed by atoms with Crippen LogP contribution < -0.4 is 5.32 Å². The van der Waals surface area contributed by atoms with Crippen LogP contribution in [0, 0.1) is 0 Å². The molecular formula is C12H21N5OS. The zero-order chi connectivity index (χ0) is 13.1. The summed E-state index contributed by atoms with van der Waals surface area (Å²) in [6.45, 7) is 3.92. The van der Waals surface area contributed by atoms with Crippen LogP contribution in [0.2, 0.25) is 0 Å². The number of tetrazole rings is 1. The summed E-state index contributed by atoms with van der Waals surface area (Å²) in [6, 6.07) is 0.737. The van der Waals surface area contributed by atoms with Gasteiger partial charge in [-0.25, -0.2) is 4.68 Å². The number of nitrogens with one attached hydrogen (secondary N) is 1. The molecule has 2 atom stereocenters. The average molecular weight is 283 g/mol. The summed E-state index contributed by atoms with van der Waals surface area (Å²) >= 11 is 1.70. The number of hydrogen-bond donors (Lipinski definition) is 1. The lowest BCUT2D eigenvalue weighted by Crippen LogP contribution is -2.22. The van der Waals surface area contributed by atoms with Crippen LogP contribution in [0.25, 0.3) is 0 Å².